The van der Waals surface area contributed by atoms with Gasteiger partial charge in [0.1, 0.15) is 12.4 Å². The number of imide groups is 1. The van der Waals surface area contributed by atoms with Crippen LogP contribution in [0, 0.1) is 30.6 Å². The standard InChI is InChI=1S/C32H28N4O4/c1-4-6-16-36-31(39)34-30(38)32(36,25-11-8-23(9-12-25)28-18-22(3)14-15-33-28)21-35-20-24-10-13-26(40-17-7-5-2)19-27(24)29(35)37/h8-15,18-19H,16-17,20-21H2,1-3H3,(H,34,38,39). The summed E-state index contributed by atoms with van der Waals surface area (Å²) >= 11 is 0. The maximum atomic E-state index is 13.6. The van der Waals surface area contributed by atoms with Gasteiger partial charge in [0.15, 0.2) is 5.54 Å². The Labute approximate surface area is 233 Å². The van der Waals surface area contributed by atoms with Crippen LogP contribution in [0.5, 0.6) is 5.75 Å². The molecule has 2 aromatic carbocycles. The van der Waals surface area contributed by atoms with Crippen molar-refractivity contribution in [3.8, 4) is 40.7 Å². The van der Waals surface area contributed by atoms with Crippen molar-refractivity contribution in [2.45, 2.75) is 32.9 Å². The second-order valence-corrected chi connectivity index (χ2v) is 9.62. The van der Waals surface area contributed by atoms with E-state index in [0.29, 0.717) is 23.4 Å². The summed E-state index contributed by atoms with van der Waals surface area (Å²) in [7, 11) is 0. The van der Waals surface area contributed by atoms with E-state index in [0.717, 1.165) is 22.4 Å². The summed E-state index contributed by atoms with van der Waals surface area (Å²) in [6.07, 6.45) is 1.75. The van der Waals surface area contributed by atoms with Crippen molar-refractivity contribution in [1.29, 1.82) is 0 Å². The molecule has 4 amide bonds. The SMILES string of the molecule is CC#CCOc1ccc2c(c1)C(=O)N(CC1(c3ccc(-c4cc(C)ccn4)cc3)C(=O)NC(=O)N1CC#CC)C2. The molecule has 1 atom stereocenters. The first-order valence-electron chi connectivity index (χ1n) is 12.9. The van der Waals surface area contributed by atoms with E-state index in [1.54, 1.807) is 37.1 Å². The third-order valence-electron chi connectivity index (χ3n) is 7.16. The molecule has 0 radical (unpaired) electrons. The van der Waals surface area contributed by atoms with Gasteiger partial charge < -0.3 is 9.64 Å². The molecule has 40 heavy (non-hydrogen) atoms. The van der Waals surface area contributed by atoms with Gasteiger partial charge in [-0.25, -0.2) is 4.79 Å². The fourth-order valence-electron chi connectivity index (χ4n) is 5.10. The van der Waals surface area contributed by atoms with Crippen molar-refractivity contribution in [2.24, 2.45) is 0 Å². The lowest BCUT2D eigenvalue weighted by atomic mass is 9.86. The van der Waals surface area contributed by atoms with Crippen LogP contribution in [0.4, 0.5) is 4.79 Å². The molecular weight excluding hydrogens is 504 g/mol. The number of ether oxygens (including phenoxy) is 1. The molecular formula is C32H28N4O4. The maximum absolute atomic E-state index is 13.6. The average molecular weight is 533 g/mol. The lowest BCUT2D eigenvalue weighted by Crippen LogP contribution is -2.54. The van der Waals surface area contributed by atoms with Crippen molar-refractivity contribution < 1.29 is 19.1 Å². The number of aryl methyl sites for hydroxylation is 1. The molecule has 0 aliphatic carbocycles. The first-order chi connectivity index (χ1) is 19.4. The maximum Gasteiger partial charge on any atom is 0.326 e. The van der Waals surface area contributed by atoms with Crippen molar-refractivity contribution in [1.82, 2.24) is 20.1 Å². The first-order valence-corrected chi connectivity index (χ1v) is 12.9. The Morgan fingerprint density at radius 2 is 1.77 bits per heavy atom. The largest absolute Gasteiger partial charge is 0.481 e. The molecule has 0 bridgehead atoms. The molecule has 1 N–H and O–H groups in total. The Morgan fingerprint density at radius 1 is 1.00 bits per heavy atom. The molecule has 1 saturated heterocycles. The summed E-state index contributed by atoms with van der Waals surface area (Å²) in [4.78, 5) is 47.7. The van der Waals surface area contributed by atoms with Gasteiger partial charge in [0.2, 0.25) is 0 Å². The molecule has 8 heteroatoms. The fourth-order valence-corrected chi connectivity index (χ4v) is 5.10. The van der Waals surface area contributed by atoms with E-state index in [1.807, 2.05) is 49.4 Å². The lowest BCUT2D eigenvalue weighted by Gasteiger charge is -2.37. The fraction of sp³-hybridized carbons (Fsp3) is 0.250. The number of nitrogens with one attached hydrogen (secondary N) is 1. The van der Waals surface area contributed by atoms with Gasteiger partial charge in [-0.2, -0.15) is 0 Å². The van der Waals surface area contributed by atoms with Crippen LogP contribution in [0.15, 0.2) is 60.8 Å². The van der Waals surface area contributed by atoms with E-state index < -0.39 is 17.5 Å². The molecule has 1 fully saturated rings. The highest BCUT2D eigenvalue weighted by Gasteiger charge is 2.56. The molecule has 2 aliphatic rings. The van der Waals surface area contributed by atoms with Crippen LogP contribution < -0.4 is 10.1 Å². The van der Waals surface area contributed by atoms with Gasteiger partial charge in [0.25, 0.3) is 11.8 Å². The topological polar surface area (TPSA) is 91.8 Å². The number of pyridine rings is 1. The number of amides is 4. The number of carbonyl (C=O) groups excluding carboxylic acids is 3. The summed E-state index contributed by atoms with van der Waals surface area (Å²) in [6, 6.07) is 16.1. The highest BCUT2D eigenvalue weighted by atomic mass is 16.5. The Hall–Kier alpha value is -5.08. The second-order valence-electron chi connectivity index (χ2n) is 9.62. The van der Waals surface area contributed by atoms with Crippen molar-refractivity contribution in [3.05, 3.63) is 83.0 Å². The van der Waals surface area contributed by atoms with Crippen LogP contribution in [-0.2, 0) is 16.9 Å². The van der Waals surface area contributed by atoms with E-state index in [4.69, 9.17) is 4.74 Å². The Bertz CT molecular complexity index is 1620. The Morgan fingerprint density at radius 3 is 2.50 bits per heavy atom. The molecule has 2 aliphatic heterocycles. The smallest absolute Gasteiger partial charge is 0.326 e. The predicted octanol–water partition coefficient (Wildman–Crippen LogP) is 3.89. The quantitative estimate of drug-likeness (QED) is 0.368. The summed E-state index contributed by atoms with van der Waals surface area (Å²) in [5.74, 6) is 11.1. The van der Waals surface area contributed by atoms with Gasteiger partial charge in [-0.3, -0.25) is 24.8 Å². The van der Waals surface area contributed by atoms with E-state index >= 15 is 0 Å². The number of benzene rings is 2. The van der Waals surface area contributed by atoms with E-state index in [2.05, 4.69) is 34.0 Å². The molecule has 3 heterocycles. The third-order valence-corrected chi connectivity index (χ3v) is 7.16. The van der Waals surface area contributed by atoms with Crippen LogP contribution >= 0.6 is 0 Å². The number of urea groups is 1. The number of rotatable bonds is 7. The summed E-state index contributed by atoms with van der Waals surface area (Å²) < 4.78 is 5.64. The molecule has 5 rings (SSSR count). The third kappa shape index (κ3) is 4.76. The van der Waals surface area contributed by atoms with E-state index in [-0.39, 0.29) is 25.6 Å². The first kappa shape index (κ1) is 26.5. The minimum Gasteiger partial charge on any atom is -0.481 e. The number of aromatic nitrogens is 1. The zero-order valence-corrected chi connectivity index (χ0v) is 22.6. The highest BCUT2D eigenvalue weighted by molar-refractivity contribution is 6.08. The van der Waals surface area contributed by atoms with Gasteiger partial charge in [-0.05, 0) is 61.7 Å². The lowest BCUT2D eigenvalue weighted by molar-refractivity contribution is -0.127. The molecule has 8 nitrogen and oxygen atoms in total. The van der Waals surface area contributed by atoms with Crippen molar-refractivity contribution >= 4 is 17.8 Å². The molecule has 1 unspecified atom stereocenters. The normalized spacial score (nSPS) is 17.5. The number of nitrogens with zero attached hydrogens (tertiary/aromatic N) is 3. The predicted molar refractivity (Wildman–Crippen MR) is 150 cm³/mol. The van der Waals surface area contributed by atoms with Gasteiger partial charge >= 0.3 is 6.03 Å². The number of carbonyl (C=O) groups is 3. The van der Waals surface area contributed by atoms with E-state index in [9.17, 15) is 14.4 Å². The number of hydrogen-bond donors (Lipinski definition) is 1. The Kier molecular flexibility index (Phi) is 7.27. The average Bonchev–Trinajstić information content (AvgIpc) is 3.39. The van der Waals surface area contributed by atoms with Gasteiger partial charge in [0.05, 0.1) is 18.8 Å². The number of hydrogen-bond acceptors (Lipinski definition) is 5. The van der Waals surface area contributed by atoms with Crippen LogP contribution in [0.3, 0.4) is 0 Å². The molecule has 0 saturated carbocycles. The van der Waals surface area contributed by atoms with Gasteiger partial charge in [0, 0.05) is 23.9 Å². The second kappa shape index (κ2) is 11.0. The monoisotopic (exact) mass is 532 g/mol. The summed E-state index contributed by atoms with van der Waals surface area (Å²) in [6.45, 7) is 5.91. The summed E-state index contributed by atoms with van der Waals surface area (Å²) in [5.41, 5.74) is 3.19. The zero-order chi connectivity index (χ0) is 28.3. The van der Waals surface area contributed by atoms with Crippen molar-refractivity contribution in [2.75, 3.05) is 19.7 Å². The highest BCUT2D eigenvalue weighted by Crippen LogP contribution is 2.38. The van der Waals surface area contributed by atoms with Crippen molar-refractivity contribution in [3.63, 3.8) is 0 Å². The molecule has 1 aromatic heterocycles. The summed E-state index contributed by atoms with van der Waals surface area (Å²) in [5, 5.41) is 2.46. The van der Waals surface area contributed by atoms with Gasteiger partial charge in [-0.15, -0.1) is 11.8 Å². The minimum absolute atomic E-state index is 0.0285. The van der Waals surface area contributed by atoms with Crippen LogP contribution in [0.1, 0.15) is 40.9 Å². The zero-order valence-electron chi connectivity index (χ0n) is 22.6. The molecule has 200 valence electrons. The van der Waals surface area contributed by atoms with Crippen LogP contribution in [0.2, 0.25) is 0 Å². The minimum atomic E-state index is -1.47. The van der Waals surface area contributed by atoms with Crippen LogP contribution in [-0.4, -0.2) is 52.3 Å². The van der Waals surface area contributed by atoms with Gasteiger partial charge in [-0.1, -0.05) is 42.2 Å². The molecule has 0 spiro atoms. The molecule has 3 aromatic rings. The Balaban J connectivity index is 1.51. The number of fused-ring (bicyclic) bond motifs is 1. The van der Waals surface area contributed by atoms with E-state index in [1.165, 1.54) is 4.90 Å². The van der Waals surface area contributed by atoms with Crippen LogP contribution in [0.25, 0.3) is 11.3 Å².